The molecule has 0 aromatic carbocycles. The molecular formula is C8H18O3S. The van der Waals surface area contributed by atoms with E-state index in [4.69, 9.17) is 9.11 Å². The van der Waals surface area contributed by atoms with Crippen LogP contribution in [0.4, 0.5) is 0 Å². The predicted molar refractivity (Wildman–Crippen MR) is 52.5 cm³/mol. The van der Waals surface area contributed by atoms with Gasteiger partial charge < -0.3 is 9.11 Å². The Morgan fingerprint density at radius 1 is 1.50 bits per heavy atom. The summed E-state index contributed by atoms with van der Waals surface area (Å²) in [4.78, 5) is 0. The van der Waals surface area contributed by atoms with Gasteiger partial charge in [0.1, 0.15) is 0 Å². The first-order chi connectivity index (χ1) is 5.06. The Morgan fingerprint density at radius 3 is 2.17 bits per heavy atom. The third-order valence-electron chi connectivity index (χ3n) is 1.20. The van der Waals surface area contributed by atoms with Gasteiger partial charge in [0.15, 0.2) is 0 Å². The van der Waals surface area contributed by atoms with Gasteiger partial charge in [0.05, 0.1) is 9.63 Å². The molecule has 0 atom stereocenters. The molecule has 0 fully saturated rings. The van der Waals surface area contributed by atoms with Crippen LogP contribution in [-0.2, 0) is 9.63 Å². The quantitative estimate of drug-likeness (QED) is 0.725. The predicted octanol–water partition coefficient (Wildman–Crippen LogP) is 2.33. The molecule has 74 valence electrons. The molecule has 0 aromatic rings. The Hall–Kier alpha value is -0.190. The lowest BCUT2D eigenvalue weighted by Gasteiger charge is -2.22. The van der Waals surface area contributed by atoms with E-state index < -0.39 is 9.63 Å². The SMILES string of the molecule is C/C(=C\S(C)(=O)(O)O)CC(C)C. The van der Waals surface area contributed by atoms with Crippen LogP contribution in [0.1, 0.15) is 27.2 Å². The number of hydrogen-bond donors (Lipinski definition) is 2. The zero-order valence-electron chi connectivity index (χ0n) is 8.07. The van der Waals surface area contributed by atoms with Crippen molar-refractivity contribution in [2.75, 3.05) is 6.26 Å². The Labute approximate surface area is 73.9 Å². The van der Waals surface area contributed by atoms with Gasteiger partial charge in [-0.2, -0.15) is 0 Å². The Kier molecular flexibility index (Phi) is 3.23. The molecule has 0 bridgehead atoms. The number of allylic oxidation sites excluding steroid dienone is 1. The standard InChI is InChI=1S/C8H18O3S/c1-7(2)5-8(3)6-12(4,9,10)11/h6-7H,5H2,1-4H3,(H2,9,10,11)/b8-6+. The summed E-state index contributed by atoms with van der Waals surface area (Å²) in [5.41, 5.74) is 0.745. The molecule has 0 heterocycles. The highest BCUT2D eigenvalue weighted by Gasteiger charge is 2.18. The van der Waals surface area contributed by atoms with Crippen LogP contribution >= 0.6 is 0 Å². The fraction of sp³-hybridized carbons (Fsp3) is 0.750. The maximum atomic E-state index is 11.0. The Bertz CT molecular complexity index is 236. The van der Waals surface area contributed by atoms with E-state index in [2.05, 4.69) is 0 Å². The third-order valence-corrected chi connectivity index (χ3v) is 2.15. The first-order valence-electron chi connectivity index (χ1n) is 3.88. The minimum Gasteiger partial charge on any atom is -0.305 e. The fourth-order valence-corrected chi connectivity index (χ4v) is 2.18. The molecule has 12 heavy (non-hydrogen) atoms. The number of rotatable bonds is 3. The highest BCUT2D eigenvalue weighted by atomic mass is 32.3. The Balaban J connectivity index is 4.49. The lowest BCUT2D eigenvalue weighted by molar-refractivity contribution is 0.411. The second kappa shape index (κ2) is 3.28. The molecule has 0 saturated carbocycles. The maximum absolute atomic E-state index is 11.0. The molecule has 0 rings (SSSR count). The van der Waals surface area contributed by atoms with Crippen LogP contribution in [0.25, 0.3) is 0 Å². The van der Waals surface area contributed by atoms with Crippen molar-refractivity contribution in [2.24, 2.45) is 5.92 Å². The van der Waals surface area contributed by atoms with Crippen molar-refractivity contribution < 1.29 is 13.3 Å². The maximum Gasteiger partial charge on any atom is 0.0994 e. The fourth-order valence-electron chi connectivity index (χ4n) is 1.16. The smallest absolute Gasteiger partial charge is 0.0994 e. The molecule has 0 aromatic heterocycles. The summed E-state index contributed by atoms with van der Waals surface area (Å²) in [7, 11) is -4.43. The molecule has 0 saturated heterocycles. The van der Waals surface area contributed by atoms with Gasteiger partial charge in [-0.3, -0.25) is 0 Å². The lowest BCUT2D eigenvalue weighted by atomic mass is 10.1. The van der Waals surface area contributed by atoms with Gasteiger partial charge in [-0.15, -0.1) is 0 Å². The van der Waals surface area contributed by atoms with Gasteiger partial charge in [0.25, 0.3) is 0 Å². The van der Waals surface area contributed by atoms with E-state index in [1.165, 1.54) is 0 Å². The minimum absolute atomic E-state index is 0.427. The first-order valence-corrected chi connectivity index (χ1v) is 6.23. The van der Waals surface area contributed by atoms with Crippen LogP contribution in [-0.4, -0.2) is 19.6 Å². The van der Waals surface area contributed by atoms with Gasteiger partial charge in [0.2, 0.25) is 0 Å². The van der Waals surface area contributed by atoms with Crippen LogP contribution in [0.15, 0.2) is 11.0 Å². The summed E-state index contributed by atoms with van der Waals surface area (Å²) < 4.78 is 29.0. The average Bonchev–Trinajstić information content (AvgIpc) is 1.50. The van der Waals surface area contributed by atoms with Crippen molar-refractivity contribution in [3.8, 4) is 0 Å². The summed E-state index contributed by atoms with van der Waals surface area (Å²) in [6.07, 6.45) is 1.66. The van der Waals surface area contributed by atoms with Crippen LogP contribution in [0.2, 0.25) is 0 Å². The van der Waals surface area contributed by atoms with Crippen molar-refractivity contribution >= 4 is 9.63 Å². The second-order valence-electron chi connectivity index (χ2n) is 3.87. The van der Waals surface area contributed by atoms with Gasteiger partial charge in [-0.05, 0) is 19.3 Å². The van der Waals surface area contributed by atoms with Crippen molar-refractivity contribution in [2.45, 2.75) is 27.2 Å². The Morgan fingerprint density at radius 2 is 1.92 bits per heavy atom. The van der Waals surface area contributed by atoms with Gasteiger partial charge in [-0.1, -0.05) is 19.4 Å². The van der Waals surface area contributed by atoms with E-state index in [0.29, 0.717) is 5.92 Å². The van der Waals surface area contributed by atoms with Gasteiger partial charge in [-0.25, -0.2) is 4.21 Å². The zero-order chi connectivity index (χ0) is 10.0. The summed E-state index contributed by atoms with van der Waals surface area (Å²) in [6, 6.07) is 0. The monoisotopic (exact) mass is 194 g/mol. The molecule has 0 aliphatic rings. The summed E-state index contributed by atoms with van der Waals surface area (Å²) in [5.74, 6) is 0.427. The third kappa shape index (κ3) is 7.91. The molecule has 0 radical (unpaired) electrons. The summed E-state index contributed by atoms with van der Waals surface area (Å²) in [5, 5.41) is 1.05. The zero-order valence-corrected chi connectivity index (χ0v) is 8.89. The van der Waals surface area contributed by atoms with E-state index >= 15 is 0 Å². The van der Waals surface area contributed by atoms with Gasteiger partial charge >= 0.3 is 0 Å². The molecular weight excluding hydrogens is 176 g/mol. The lowest BCUT2D eigenvalue weighted by Crippen LogP contribution is -2.25. The molecule has 0 amide bonds. The molecule has 0 spiro atoms. The van der Waals surface area contributed by atoms with Crippen molar-refractivity contribution in [1.29, 1.82) is 0 Å². The molecule has 0 unspecified atom stereocenters. The van der Waals surface area contributed by atoms with Gasteiger partial charge in [0, 0.05) is 11.7 Å². The van der Waals surface area contributed by atoms with E-state index in [0.717, 1.165) is 23.7 Å². The average molecular weight is 194 g/mol. The van der Waals surface area contributed by atoms with Crippen molar-refractivity contribution in [1.82, 2.24) is 0 Å². The van der Waals surface area contributed by atoms with E-state index in [1.54, 1.807) is 6.92 Å². The highest BCUT2D eigenvalue weighted by Crippen LogP contribution is 2.19. The van der Waals surface area contributed by atoms with Crippen molar-refractivity contribution in [3.63, 3.8) is 0 Å². The summed E-state index contributed by atoms with van der Waals surface area (Å²) in [6.45, 7) is 5.77. The van der Waals surface area contributed by atoms with E-state index in [1.807, 2.05) is 13.8 Å². The largest absolute Gasteiger partial charge is 0.305 e. The molecule has 0 aliphatic heterocycles. The second-order valence-corrected chi connectivity index (χ2v) is 6.71. The van der Waals surface area contributed by atoms with Crippen LogP contribution in [0.5, 0.6) is 0 Å². The summed E-state index contributed by atoms with van der Waals surface area (Å²) >= 11 is 0. The first kappa shape index (κ1) is 11.8. The normalized spacial score (nSPS) is 17.6. The van der Waals surface area contributed by atoms with Crippen LogP contribution in [0.3, 0.4) is 0 Å². The van der Waals surface area contributed by atoms with Crippen molar-refractivity contribution in [3.05, 3.63) is 11.0 Å². The highest BCUT2D eigenvalue weighted by molar-refractivity contribution is 8.12. The molecule has 0 aliphatic carbocycles. The minimum atomic E-state index is -4.43. The van der Waals surface area contributed by atoms with E-state index in [9.17, 15) is 4.21 Å². The van der Waals surface area contributed by atoms with Crippen LogP contribution < -0.4 is 0 Å². The van der Waals surface area contributed by atoms with Crippen LogP contribution in [0, 0.1) is 5.92 Å². The molecule has 3 nitrogen and oxygen atoms in total. The molecule has 4 heteroatoms. The molecule has 2 N–H and O–H groups in total. The van der Waals surface area contributed by atoms with E-state index in [-0.39, 0.29) is 0 Å². The topological polar surface area (TPSA) is 57.5 Å². The number of hydrogen-bond acceptors (Lipinski definition) is 1.